The summed E-state index contributed by atoms with van der Waals surface area (Å²) in [7, 11) is 0. The quantitative estimate of drug-likeness (QED) is 0.373. The lowest BCUT2D eigenvalue weighted by Gasteiger charge is -2.11. The number of rotatable bonds is 5. The van der Waals surface area contributed by atoms with E-state index in [0.717, 1.165) is 0 Å². The Balaban J connectivity index is 2.18. The molecular formula is C10H17N3O2S. The van der Waals surface area contributed by atoms with Crippen molar-refractivity contribution in [2.24, 2.45) is 0 Å². The first kappa shape index (κ1) is 13.0. The van der Waals surface area contributed by atoms with Gasteiger partial charge >= 0.3 is 0 Å². The first-order valence-corrected chi connectivity index (χ1v) is 6.33. The first-order chi connectivity index (χ1) is 7.49. The van der Waals surface area contributed by atoms with Crippen LogP contribution in [-0.2, 0) is 9.59 Å². The molecule has 6 heteroatoms. The fraction of sp³-hybridized carbons (Fsp3) is 0.700. The van der Waals surface area contributed by atoms with Crippen molar-refractivity contribution in [3.8, 4) is 0 Å². The highest BCUT2D eigenvalue weighted by Gasteiger charge is 2.30. The summed E-state index contributed by atoms with van der Waals surface area (Å²) in [5.41, 5.74) is 0. The Morgan fingerprint density at radius 2 is 2.31 bits per heavy atom. The Morgan fingerprint density at radius 1 is 1.62 bits per heavy atom. The Hall–Kier alpha value is -1.04. The molecule has 3 N–H and O–H groups in total. The molecule has 1 heterocycles. The second-order valence-electron chi connectivity index (χ2n) is 4.00. The van der Waals surface area contributed by atoms with Crippen molar-refractivity contribution >= 4 is 29.4 Å². The Bertz CT molecular complexity index is 304. The van der Waals surface area contributed by atoms with Gasteiger partial charge in [-0.3, -0.25) is 20.3 Å². The topological polar surface area (TPSA) is 82.1 Å². The number of hydrogen-bond acceptors (Lipinski definition) is 4. The van der Waals surface area contributed by atoms with Crippen molar-refractivity contribution in [1.82, 2.24) is 10.6 Å². The molecule has 1 saturated heterocycles. The van der Waals surface area contributed by atoms with Gasteiger partial charge in [0.2, 0.25) is 11.8 Å². The molecule has 1 aliphatic heterocycles. The van der Waals surface area contributed by atoms with E-state index in [-0.39, 0.29) is 29.5 Å². The predicted molar refractivity (Wildman–Crippen MR) is 64.6 cm³/mol. The third kappa shape index (κ3) is 4.22. The zero-order valence-electron chi connectivity index (χ0n) is 9.50. The number of amidine groups is 1. The van der Waals surface area contributed by atoms with Crippen LogP contribution in [0.2, 0.25) is 0 Å². The molecule has 0 saturated carbocycles. The third-order valence-electron chi connectivity index (χ3n) is 2.06. The van der Waals surface area contributed by atoms with Crippen LogP contribution in [0.4, 0.5) is 0 Å². The number of imide groups is 1. The van der Waals surface area contributed by atoms with Gasteiger partial charge < -0.3 is 5.32 Å². The summed E-state index contributed by atoms with van der Waals surface area (Å²) < 4.78 is 0. The van der Waals surface area contributed by atoms with Gasteiger partial charge in [-0.25, -0.2) is 0 Å². The van der Waals surface area contributed by atoms with Crippen LogP contribution < -0.4 is 10.6 Å². The number of thioether (sulfide) groups is 1. The largest absolute Gasteiger partial charge is 0.372 e. The average Bonchev–Trinajstić information content (AvgIpc) is 2.44. The minimum absolute atomic E-state index is 0.196. The molecule has 16 heavy (non-hydrogen) atoms. The predicted octanol–water partition coefficient (Wildman–Crippen LogP) is 0.500. The fourth-order valence-electron chi connectivity index (χ4n) is 1.39. The van der Waals surface area contributed by atoms with E-state index in [1.807, 2.05) is 13.8 Å². The summed E-state index contributed by atoms with van der Waals surface area (Å²) in [6, 6.07) is 0.258. The van der Waals surface area contributed by atoms with Crippen molar-refractivity contribution in [3.63, 3.8) is 0 Å². The smallest absolute Gasteiger partial charge is 0.240 e. The second-order valence-corrected chi connectivity index (χ2v) is 5.31. The van der Waals surface area contributed by atoms with Crippen LogP contribution in [-0.4, -0.2) is 34.7 Å². The van der Waals surface area contributed by atoms with E-state index in [1.54, 1.807) is 0 Å². The Kier molecular flexibility index (Phi) is 4.79. The van der Waals surface area contributed by atoms with Crippen LogP contribution in [0, 0.1) is 5.41 Å². The highest BCUT2D eigenvalue weighted by Crippen LogP contribution is 2.19. The molecule has 1 rings (SSSR count). The van der Waals surface area contributed by atoms with Gasteiger partial charge in [0.1, 0.15) is 0 Å². The number of hydrogen-bond donors (Lipinski definition) is 3. The lowest BCUT2D eigenvalue weighted by Crippen LogP contribution is -2.30. The molecule has 0 aromatic heterocycles. The summed E-state index contributed by atoms with van der Waals surface area (Å²) in [4.78, 5) is 22.1. The Morgan fingerprint density at radius 3 is 2.81 bits per heavy atom. The van der Waals surface area contributed by atoms with Gasteiger partial charge in [-0.1, -0.05) is 0 Å². The van der Waals surface area contributed by atoms with Crippen LogP contribution in [0.1, 0.15) is 26.7 Å². The van der Waals surface area contributed by atoms with Crippen LogP contribution in [0.15, 0.2) is 0 Å². The lowest BCUT2D eigenvalue weighted by atomic mass is 10.3. The van der Waals surface area contributed by atoms with E-state index < -0.39 is 0 Å². The molecule has 0 aromatic rings. The van der Waals surface area contributed by atoms with Crippen LogP contribution in [0.25, 0.3) is 0 Å². The van der Waals surface area contributed by atoms with Crippen molar-refractivity contribution in [2.75, 3.05) is 5.75 Å². The highest BCUT2D eigenvalue weighted by atomic mass is 32.2. The molecular weight excluding hydrogens is 226 g/mol. The van der Waals surface area contributed by atoms with Crippen molar-refractivity contribution in [2.45, 2.75) is 38.0 Å². The maximum Gasteiger partial charge on any atom is 0.240 e. The molecule has 2 amide bonds. The van der Waals surface area contributed by atoms with Gasteiger partial charge in [0.25, 0.3) is 0 Å². The summed E-state index contributed by atoms with van der Waals surface area (Å²) in [5.74, 6) is 0.771. The second kappa shape index (κ2) is 5.89. The normalized spacial score (nSPS) is 20.1. The van der Waals surface area contributed by atoms with Crippen molar-refractivity contribution in [1.29, 1.82) is 5.41 Å². The standard InChI is InChI=1S/C10H17N3O2S/c1-6(2)12-8(11)3-4-16-7-5-9(14)13-10(7)15/h6-7H,3-5H2,1-2H3,(H2,11,12)(H,13,14,15). The summed E-state index contributed by atoms with van der Waals surface area (Å²) in [5, 5.41) is 12.6. The van der Waals surface area contributed by atoms with E-state index in [1.165, 1.54) is 11.8 Å². The summed E-state index contributed by atoms with van der Waals surface area (Å²) in [6.07, 6.45) is 0.870. The molecule has 0 bridgehead atoms. The van der Waals surface area contributed by atoms with Crippen molar-refractivity contribution in [3.05, 3.63) is 0 Å². The van der Waals surface area contributed by atoms with Gasteiger partial charge in [0, 0.05) is 24.6 Å². The van der Waals surface area contributed by atoms with Gasteiger partial charge in [0.15, 0.2) is 0 Å². The van der Waals surface area contributed by atoms with Crippen LogP contribution in [0.3, 0.4) is 0 Å². The average molecular weight is 243 g/mol. The third-order valence-corrected chi connectivity index (χ3v) is 3.28. The first-order valence-electron chi connectivity index (χ1n) is 5.28. The van der Waals surface area contributed by atoms with Crippen LogP contribution in [0.5, 0.6) is 0 Å². The van der Waals surface area contributed by atoms with E-state index in [0.29, 0.717) is 18.0 Å². The van der Waals surface area contributed by atoms with E-state index in [4.69, 9.17) is 5.41 Å². The maximum atomic E-state index is 11.2. The summed E-state index contributed by atoms with van der Waals surface area (Å²) in [6.45, 7) is 3.95. The van der Waals surface area contributed by atoms with Crippen LogP contribution >= 0.6 is 11.8 Å². The zero-order chi connectivity index (χ0) is 12.1. The lowest BCUT2D eigenvalue weighted by molar-refractivity contribution is -0.124. The molecule has 1 aliphatic rings. The SMILES string of the molecule is CC(C)NC(=N)CCSC1CC(=O)NC1=O. The Labute approximate surface area is 99.2 Å². The molecule has 1 fully saturated rings. The molecule has 0 aliphatic carbocycles. The van der Waals surface area contributed by atoms with Gasteiger partial charge in [0.05, 0.1) is 11.1 Å². The minimum Gasteiger partial charge on any atom is -0.372 e. The number of carbonyl (C=O) groups is 2. The van der Waals surface area contributed by atoms with Gasteiger partial charge in [-0.05, 0) is 13.8 Å². The minimum atomic E-state index is -0.264. The molecule has 1 unspecified atom stereocenters. The highest BCUT2D eigenvalue weighted by molar-refractivity contribution is 8.00. The molecule has 1 atom stereocenters. The number of nitrogens with one attached hydrogen (secondary N) is 3. The molecule has 90 valence electrons. The zero-order valence-corrected chi connectivity index (χ0v) is 10.3. The molecule has 0 spiro atoms. The monoisotopic (exact) mass is 243 g/mol. The van der Waals surface area contributed by atoms with E-state index in [9.17, 15) is 9.59 Å². The summed E-state index contributed by atoms with van der Waals surface area (Å²) >= 11 is 1.44. The number of amides is 2. The molecule has 5 nitrogen and oxygen atoms in total. The number of carbonyl (C=O) groups excluding carboxylic acids is 2. The van der Waals surface area contributed by atoms with E-state index in [2.05, 4.69) is 10.6 Å². The maximum absolute atomic E-state index is 11.2. The van der Waals surface area contributed by atoms with Gasteiger partial charge in [-0.2, -0.15) is 0 Å². The van der Waals surface area contributed by atoms with Crippen molar-refractivity contribution < 1.29 is 9.59 Å². The van der Waals surface area contributed by atoms with Gasteiger partial charge in [-0.15, -0.1) is 11.8 Å². The molecule has 0 radical (unpaired) electrons. The molecule has 0 aromatic carbocycles. The van der Waals surface area contributed by atoms with E-state index >= 15 is 0 Å². The fourth-order valence-corrected chi connectivity index (χ4v) is 2.47.